The smallest absolute Gasteiger partial charge is 0.716 e. The van der Waals surface area contributed by atoms with Crippen molar-refractivity contribution in [2.24, 2.45) is 0 Å². The fourth-order valence-electron chi connectivity index (χ4n) is 6.78. The largest absolute Gasteiger partial charge is 1.00 e. The molecule has 3 heterocycles. The maximum atomic E-state index is 14.1. The van der Waals surface area contributed by atoms with E-state index in [4.69, 9.17) is 18.3 Å². The van der Waals surface area contributed by atoms with Crippen LogP contribution in [0.5, 0.6) is 57.5 Å². The standard InChI is InChI=1S/C37H25NO38S8.8Na/c39-32-30-26(10-20(69-77(41,42)43)12-28(30)67-34(36(32)75-83(59,60)61)16-4-6-22(71-79(47,48)49)24(8-16)73-81(53,54)55)65-14-18-2-1-3-19(38-18)15-66-27-11-21(70-78(44,45)46)13-29-31(27)33(40)37(76-84(62,63)64)35(68-29)17-5-7-23(72-80(50,51)52)25(9-17)74-82(56,57)58;;;;;;;;/h1-13H,14-15H2,(H,41,42,43)(H,44,45,46)(H,47,48,49)(H,50,51,52)(H,53,54,55)(H,56,57,58)(H,59,60,61)(H,62,63,64);;;;;;;;/q;8*+1/p-8. The summed E-state index contributed by atoms with van der Waals surface area (Å²) in [5, 5.41) is -2.03. The zero-order valence-electron chi connectivity index (χ0n) is 47.1. The van der Waals surface area contributed by atoms with E-state index in [9.17, 15) is 113 Å². The van der Waals surface area contributed by atoms with Crippen LogP contribution in [0.25, 0.3) is 44.6 Å². The molecule has 0 unspecified atom stereocenters. The van der Waals surface area contributed by atoms with Crippen molar-refractivity contribution in [2.75, 3.05) is 0 Å². The quantitative estimate of drug-likeness (QED) is 0.0308. The minimum Gasteiger partial charge on any atom is -0.716 e. The first-order chi connectivity index (χ1) is 38.3. The third-order valence-corrected chi connectivity index (χ3v) is 12.4. The molecule has 55 heteroatoms. The first-order valence-electron chi connectivity index (χ1n) is 20.4. The van der Waals surface area contributed by atoms with E-state index in [2.05, 4.69) is 38.4 Å². The predicted octanol–water partition coefficient (Wildman–Crippen LogP) is -25.5. The van der Waals surface area contributed by atoms with Crippen molar-refractivity contribution in [1.82, 2.24) is 4.98 Å². The van der Waals surface area contributed by atoms with Gasteiger partial charge in [0.15, 0.2) is 34.5 Å². The van der Waals surface area contributed by atoms with Gasteiger partial charge in [-0.1, -0.05) is 6.07 Å². The van der Waals surface area contributed by atoms with Gasteiger partial charge in [-0.05, 0) is 48.5 Å². The van der Waals surface area contributed by atoms with Crippen molar-refractivity contribution < 1.29 is 392 Å². The summed E-state index contributed by atoms with van der Waals surface area (Å²) in [7, 11) is -47.0. The molecule has 0 aliphatic heterocycles. The normalized spacial score (nSPS) is 11.7. The molecule has 0 N–H and O–H groups in total. The van der Waals surface area contributed by atoms with Crippen molar-refractivity contribution in [3.63, 3.8) is 0 Å². The Morgan fingerprint density at radius 1 is 0.337 bits per heavy atom. The van der Waals surface area contributed by atoms with Crippen LogP contribution in [0.1, 0.15) is 11.4 Å². The summed E-state index contributed by atoms with van der Waals surface area (Å²) in [6.07, 6.45) is 0. The van der Waals surface area contributed by atoms with Crippen molar-refractivity contribution in [3.05, 3.63) is 111 Å². The zero-order chi connectivity index (χ0) is 62.5. The van der Waals surface area contributed by atoms with Crippen LogP contribution in [0.15, 0.2) is 97.3 Å². The van der Waals surface area contributed by atoms with Crippen LogP contribution >= 0.6 is 0 Å². The molecule has 0 amide bonds. The van der Waals surface area contributed by atoms with Crippen molar-refractivity contribution in [1.29, 1.82) is 0 Å². The molecule has 0 aliphatic carbocycles. The van der Waals surface area contributed by atoms with Crippen molar-refractivity contribution >= 4 is 105 Å². The number of hydrogen-bond acceptors (Lipinski definition) is 39. The summed E-state index contributed by atoms with van der Waals surface area (Å²) in [5.41, 5.74) is -7.83. The van der Waals surface area contributed by atoms with E-state index < -0.39 is 209 Å². The van der Waals surface area contributed by atoms with Gasteiger partial charge in [0.05, 0.1) is 11.4 Å². The summed E-state index contributed by atoms with van der Waals surface area (Å²) in [6.45, 7) is -1.86. The Morgan fingerprint density at radius 3 is 0.902 bits per heavy atom. The molecule has 0 radical (unpaired) electrons. The predicted molar refractivity (Wildman–Crippen MR) is 251 cm³/mol. The van der Waals surface area contributed by atoms with Gasteiger partial charge in [-0.25, -0.2) is 67.3 Å². The molecule has 7 rings (SSSR count). The van der Waals surface area contributed by atoms with Crippen LogP contribution < -0.4 is 290 Å². The topological polar surface area (TPSA) is 623 Å². The maximum absolute atomic E-state index is 14.1. The van der Waals surface area contributed by atoms with Crippen LogP contribution in [-0.2, 0) is 96.4 Å². The Morgan fingerprint density at radius 2 is 0.620 bits per heavy atom. The van der Waals surface area contributed by atoms with Gasteiger partial charge in [0, 0.05) is 35.4 Å². The van der Waals surface area contributed by atoms with Gasteiger partial charge in [0.1, 0.15) is 58.2 Å². The summed E-state index contributed by atoms with van der Waals surface area (Å²) in [4.78, 5) is 32.4. The van der Waals surface area contributed by atoms with Gasteiger partial charge in [-0.2, -0.15) is 0 Å². The second kappa shape index (κ2) is 36.4. The zero-order valence-corrected chi connectivity index (χ0v) is 69.7. The van der Waals surface area contributed by atoms with E-state index in [0.717, 1.165) is 12.1 Å². The number of rotatable bonds is 24. The van der Waals surface area contributed by atoms with Gasteiger partial charge in [-0.3, -0.25) is 14.6 Å². The van der Waals surface area contributed by atoms with Crippen LogP contribution in [-0.4, -0.2) is 109 Å². The molecule has 0 spiro atoms. The van der Waals surface area contributed by atoms with E-state index in [1.165, 1.54) is 6.07 Å². The molecule has 0 saturated carbocycles. The maximum Gasteiger partial charge on any atom is 1.00 e. The van der Waals surface area contributed by atoms with Gasteiger partial charge in [-0.15, -0.1) is 0 Å². The first kappa shape index (κ1) is 93.8. The summed E-state index contributed by atoms with van der Waals surface area (Å²) < 4.78 is 334. The summed E-state index contributed by atoms with van der Waals surface area (Å²) >= 11 is 0. The molecule has 0 fully saturated rings. The van der Waals surface area contributed by atoms with Crippen molar-refractivity contribution in [2.45, 2.75) is 13.2 Å². The fraction of sp³-hybridized carbons (Fsp3) is 0.0541. The Labute approximate surface area is 694 Å². The number of pyridine rings is 1. The van der Waals surface area contributed by atoms with Gasteiger partial charge in [0.2, 0.25) is 22.4 Å². The molecule has 454 valence electrons. The van der Waals surface area contributed by atoms with E-state index in [-0.39, 0.29) is 260 Å². The summed E-state index contributed by atoms with van der Waals surface area (Å²) in [6, 6.07) is 7.71. The van der Waals surface area contributed by atoms with Gasteiger partial charge in [0.25, 0.3) is 83.2 Å². The van der Waals surface area contributed by atoms with E-state index in [0.29, 0.717) is 48.5 Å². The fourth-order valence-corrected chi connectivity index (χ4v) is 9.57. The Hall–Kier alpha value is -0.270. The number of nitrogens with zero attached hydrogens (tertiary/aromatic N) is 1. The molecule has 92 heavy (non-hydrogen) atoms. The third kappa shape index (κ3) is 28.4. The van der Waals surface area contributed by atoms with Crippen molar-refractivity contribution in [3.8, 4) is 80.1 Å². The second-order valence-electron chi connectivity index (χ2n) is 15.2. The molecule has 39 nitrogen and oxygen atoms in total. The average molecular weight is 1520 g/mol. The number of hydrogen-bond donors (Lipinski definition) is 0. The van der Waals surface area contributed by atoms with E-state index >= 15 is 0 Å². The Kier molecular flexibility index (Phi) is 37.1. The molecule has 0 atom stereocenters. The van der Waals surface area contributed by atoms with Gasteiger partial charge >= 0.3 is 236 Å². The molecule has 0 saturated heterocycles. The van der Waals surface area contributed by atoms with Crippen LogP contribution in [0.3, 0.4) is 0 Å². The average Bonchev–Trinajstić information content (AvgIpc) is 0.767. The minimum atomic E-state index is -6.07. The molecule has 3 aromatic heterocycles. The Balaban J connectivity index is 0. The molecule has 0 aliphatic rings. The third-order valence-electron chi connectivity index (χ3n) is 9.34. The second-order valence-corrected chi connectivity index (χ2v) is 23.1. The minimum absolute atomic E-state index is 0. The molecular weight excluding hydrogens is 1510 g/mol. The molecule has 0 bridgehead atoms. The first-order valence-corrected chi connectivity index (χ1v) is 31.0. The monoisotopic (exact) mass is 1520 g/mol. The van der Waals surface area contributed by atoms with Crippen LogP contribution in [0.2, 0.25) is 0 Å². The summed E-state index contributed by atoms with van der Waals surface area (Å²) in [5.74, 6) is -15.5. The SMILES string of the molecule is O=c1c(OS(=O)(=O)[O-])c(-c2ccc(OS(=O)(=O)[O-])c(OS(=O)(=O)[O-])c2)oc2cc(OS(=O)(=O)[O-])cc(OCc3cccc(COc4cc(OS(=O)(=O)[O-])cc5oc(-c6ccc(OS(=O)(=O)[O-])c(OS(=O)(=O)[O-])c6)c(OS(=O)(=O)[O-])c(=O)c45)n3)c12.[Na+].[Na+].[Na+].[Na+].[Na+].[Na+].[Na+].[Na+]. The van der Waals surface area contributed by atoms with Crippen LogP contribution in [0.4, 0.5) is 0 Å². The van der Waals surface area contributed by atoms with Crippen LogP contribution in [0, 0.1) is 0 Å². The van der Waals surface area contributed by atoms with Gasteiger partial charge < -0.3 is 88.2 Å². The number of aromatic nitrogens is 1. The Bertz CT molecular complexity index is 4680. The molecular formula is C37H17NNa8O38S8. The number of benzene rings is 4. The van der Waals surface area contributed by atoms with E-state index in [1.54, 1.807) is 0 Å². The number of fused-ring (bicyclic) bond motifs is 2. The molecule has 4 aromatic carbocycles. The van der Waals surface area contributed by atoms with E-state index in [1.807, 2.05) is 0 Å². The number of ether oxygens (including phenoxy) is 2. The molecule has 7 aromatic rings.